The Balaban J connectivity index is 2.68. The molecular weight excluding hydrogens is 253 g/mol. The molecule has 0 aromatic heterocycles. The fourth-order valence-corrected chi connectivity index (χ4v) is 1.48. The van der Waals surface area contributed by atoms with Crippen LogP contribution in [-0.2, 0) is 0 Å². The standard InChI is InChI=1S/C12H12FN3O3/c13-9-4-5-11(16(18)19)10(8-9)12(17)15-7-3-1-2-6-14/h4-5,8H,1-3,7H2,(H,15,17). The molecule has 1 aromatic carbocycles. The number of nitro groups is 1. The van der Waals surface area contributed by atoms with E-state index < -0.39 is 22.3 Å². The van der Waals surface area contributed by atoms with Gasteiger partial charge in [0.25, 0.3) is 11.6 Å². The van der Waals surface area contributed by atoms with Crippen LogP contribution in [0.15, 0.2) is 18.2 Å². The summed E-state index contributed by atoms with van der Waals surface area (Å²) < 4.78 is 13.0. The molecule has 0 aliphatic carbocycles. The highest BCUT2D eigenvalue weighted by Crippen LogP contribution is 2.19. The molecule has 0 spiro atoms. The summed E-state index contributed by atoms with van der Waals surface area (Å²) in [5.41, 5.74) is -0.735. The summed E-state index contributed by atoms with van der Waals surface area (Å²) in [4.78, 5) is 21.7. The zero-order valence-electron chi connectivity index (χ0n) is 10.1. The van der Waals surface area contributed by atoms with Gasteiger partial charge in [-0.2, -0.15) is 5.26 Å². The summed E-state index contributed by atoms with van der Waals surface area (Å²) in [7, 11) is 0. The highest BCUT2D eigenvalue weighted by Gasteiger charge is 2.20. The van der Waals surface area contributed by atoms with Gasteiger partial charge in [-0.05, 0) is 25.0 Å². The molecule has 0 unspecified atom stereocenters. The Hall–Kier alpha value is -2.49. The summed E-state index contributed by atoms with van der Waals surface area (Å²) in [5, 5.41) is 21.5. The van der Waals surface area contributed by atoms with Gasteiger partial charge in [0.1, 0.15) is 11.4 Å². The molecule has 1 aromatic rings. The van der Waals surface area contributed by atoms with Gasteiger partial charge < -0.3 is 5.32 Å². The molecule has 0 saturated heterocycles. The second-order valence-electron chi connectivity index (χ2n) is 3.79. The number of nitro benzene ring substituents is 1. The van der Waals surface area contributed by atoms with Crippen LogP contribution < -0.4 is 5.32 Å². The Morgan fingerprint density at radius 2 is 2.21 bits per heavy atom. The molecular formula is C12H12FN3O3. The Labute approximate surface area is 109 Å². The molecule has 1 N–H and O–H groups in total. The van der Waals surface area contributed by atoms with E-state index >= 15 is 0 Å². The van der Waals surface area contributed by atoms with Gasteiger partial charge in [-0.15, -0.1) is 0 Å². The number of benzene rings is 1. The number of nitrogens with zero attached hydrogens (tertiary/aromatic N) is 2. The Bertz CT molecular complexity index is 525. The third kappa shape index (κ3) is 4.35. The molecule has 7 heteroatoms. The number of carbonyl (C=O) groups excluding carboxylic acids is 1. The van der Waals surface area contributed by atoms with E-state index in [1.165, 1.54) is 0 Å². The summed E-state index contributed by atoms with van der Waals surface area (Å²) in [6.07, 6.45) is 1.60. The van der Waals surface area contributed by atoms with Crippen LogP contribution in [0.25, 0.3) is 0 Å². The van der Waals surface area contributed by atoms with Crippen molar-refractivity contribution in [3.05, 3.63) is 39.7 Å². The van der Waals surface area contributed by atoms with Crippen molar-refractivity contribution in [2.45, 2.75) is 19.3 Å². The summed E-state index contributed by atoms with van der Waals surface area (Å²) >= 11 is 0. The number of nitriles is 1. The summed E-state index contributed by atoms with van der Waals surface area (Å²) in [6, 6.07) is 4.69. The van der Waals surface area contributed by atoms with Crippen LogP contribution in [0.4, 0.5) is 10.1 Å². The first-order valence-electron chi connectivity index (χ1n) is 5.65. The first kappa shape index (κ1) is 14.6. The van der Waals surface area contributed by atoms with Crippen LogP contribution in [0.3, 0.4) is 0 Å². The monoisotopic (exact) mass is 265 g/mol. The van der Waals surface area contributed by atoms with Crippen molar-refractivity contribution in [1.82, 2.24) is 5.32 Å². The topological polar surface area (TPSA) is 96.0 Å². The second kappa shape index (κ2) is 7.06. The lowest BCUT2D eigenvalue weighted by molar-refractivity contribution is -0.385. The van der Waals surface area contributed by atoms with E-state index in [1.54, 1.807) is 0 Å². The van der Waals surface area contributed by atoms with Crippen molar-refractivity contribution < 1.29 is 14.1 Å². The first-order valence-corrected chi connectivity index (χ1v) is 5.65. The third-order valence-electron chi connectivity index (χ3n) is 2.40. The molecule has 0 fully saturated rings. The van der Waals surface area contributed by atoms with Crippen molar-refractivity contribution in [2.75, 3.05) is 6.54 Å². The number of carbonyl (C=O) groups is 1. The predicted molar refractivity (Wildman–Crippen MR) is 64.9 cm³/mol. The van der Waals surface area contributed by atoms with Gasteiger partial charge in [0, 0.05) is 19.0 Å². The molecule has 0 heterocycles. The minimum Gasteiger partial charge on any atom is -0.352 e. The number of unbranched alkanes of at least 4 members (excludes halogenated alkanes) is 2. The first-order chi connectivity index (χ1) is 9.06. The van der Waals surface area contributed by atoms with Crippen molar-refractivity contribution in [2.24, 2.45) is 0 Å². The number of nitrogens with one attached hydrogen (secondary N) is 1. The fourth-order valence-electron chi connectivity index (χ4n) is 1.48. The quantitative estimate of drug-likeness (QED) is 0.484. The molecule has 1 rings (SSSR count). The summed E-state index contributed by atoms with van der Waals surface area (Å²) in [6.45, 7) is 0.286. The Morgan fingerprint density at radius 3 is 2.84 bits per heavy atom. The maximum atomic E-state index is 13.0. The van der Waals surface area contributed by atoms with Gasteiger partial charge in [-0.3, -0.25) is 14.9 Å². The second-order valence-corrected chi connectivity index (χ2v) is 3.79. The van der Waals surface area contributed by atoms with Gasteiger partial charge in [0.2, 0.25) is 0 Å². The number of rotatable bonds is 6. The van der Waals surface area contributed by atoms with E-state index in [-0.39, 0.29) is 12.1 Å². The van der Waals surface area contributed by atoms with Crippen LogP contribution in [0.2, 0.25) is 0 Å². The molecule has 0 atom stereocenters. The molecule has 1 amide bonds. The van der Waals surface area contributed by atoms with Gasteiger partial charge in [0.05, 0.1) is 11.0 Å². The average Bonchev–Trinajstić information content (AvgIpc) is 2.37. The normalized spacial score (nSPS) is 9.68. The molecule has 0 bridgehead atoms. The number of hydrogen-bond donors (Lipinski definition) is 1. The zero-order chi connectivity index (χ0) is 14.3. The third-order valence-corrected chi connectivity index (χ3v) is 2.40. The molecule has 0 radical (unpaired) electrons. The lowest BCUT2D eigenvalue weighted by Gasteiger charge is -2.05. The van der Waals surface area contributed by atoms with E-state index in [0.717, 1.165) is 18.2 Å². The van der Waals surface area contributed by atoms with Crippen molar-refractivity contribution in [3.8, 4) is 6.07 Å². The minimum atomic E-state index is -0.732. The Kier molecular flexibility index (Phi) is 5.41. The molecule has 6 nitrogen and oxygen atoms in total. The summed E-state index contributed by atoms with van der Waals surface area (Å²) in [5.74, 6) is -1.40. The van der Waals surface area contributed by atoms with E-state index in [2.05, 4.69) is 5.32 Å². The Morgan fingerprint density at radius 1 is 1.47 bits per heavy atom. The minimum absolute atomic E-state index is 0.286. The van der Waals surface area contributed by atoms with Crippen LogP contribution in [0, 0.1) is 27.3 Å². The van der Waals surface area contributed by atoms with E-state index in [0.29, 0.717) is 19.3 Å². The van der Waals surface area contributed by atoms with Crippen LogP contribution in [0.5, 0.6) is 0 Å². The van der Waals surface area contributed by atoms with E-state index in [9.17, 15) is 19.3 Å². The van der Waals surface area contributed by atoms with Crippen molar-refractivity contribution in [3.63, 3.8) is 0 Å². The maximum absolute atomic E-state index is 13.0. The fraction of sp³-hybridized carbons (Fsp3) is 0.333. The van der Waals surface area contributed by atoms with E-state index in [4.69, 9.17) is 5.26 Å². The van der Waals surface area contributed by atoms with Gasteiger partial charge in [0.15, 0.2) is 0 Å². The number of hydrogen-bond acceptors (Lipinski definition) is 4. The number of halogens is 1. The highest BCUT2D eigenvalue weighted by atomic mass is 19.1. The van der Waals surface area contributed by atoms with E-state index in [1.807, 2.05) is 6.07 Å². The van der Waals surface area contributed by atoms with Crippen molar-refractivity contribution in [1.29, 1.82) is 5.26 Å². The molecule has 0 aliphatic heterocycles. The average molecular weight is 265 g/mol. The van der Waals surface area contributed by atoms with Crippen LogP contribution >= 0.6 is 0 Å². The smallest absolute Gasteiger partial charge is 0.282 e. The molecule has 100 valence electrons. The van der Waals surface area contributed by atoms with Crippen molar-refractivity contribution >= 4 is 11.6 Å². The highest BCUT2D eigenvalue weighted by molar-refractivity contribution is 5.98. The van der Waals surface area contributed by atoms with Gasteiger partial charge >= 0.3 is 0 Å². The van der Waals surface area contributed by atoms with Crippen LogP contribution in [-0.4, -0.2) is 17.4 Å². The molecule has 19 heavy (non-hydrogen) atoms. The SMILES string of the molecule is N#CCCCCNC(=O)c1cc(F)ccc1[N+](=O)[O-]. The van der Waals surface area contributed by atoms with Crippen LogP contribution in [0.1, 0.15) is 29.6 Å². The largest absolute Gasteiger partial charge is 0.352 e. The molecule has 0 aliphatic rings. The molecule has 0 saturated carbocycles. The number of amides is 1. The maximum Gasteiger partial charge on any atom is 0.282 e. The lowest BCUT2D eigenvalue weighted by atomic mass is 10.1. The zero-order valence-corrected chi connectivity index (χ0v) is 10.1. The predicted octanol–water partition coefficient (Wildman–Crippen LogP) is 2.16. The van der Waals surface area contributed by atoms with Gasteiger partial charge in [-0.25, -0.2) is 4.39 Å². The lowest BCUT2D eigenvalue weighted by Crippen LogP contribution is -2.25. The van der Waals surface area contributed by atoms with Gasteiger partial charge in [-0.1, -0.05) is 0 Å².